The van der Waals surface area contributed by atoms with Gasteiger partial charge in [0.2, 0.25) is 17.7 Å². The second-order valence-electron chi connectivity index (χ2n) is 8.79. The van der Waals surface area contributed by atoms with E-state index in [9.17, 15) is 4.79 Å². The monoisotopic (exact) mass is 517 g/mol. The molecular weight excluding hydrogens is 494 g/mol. The lowest BCUT2D eigenvalue weighted by Crippen LogP contribution is -2.34. The Balaban J connectivity index is 1.47. The molecule has 3 aromatic carbocycles. The molecule has 0 radical (unpaired) electrons. The van der Waals surface area contributed by atoms with Crippen LogP contribution in [0.3, 0.4) is 0 Å². The summed E-state index contributed by atoms with van der Waals surface area (Å²) in [5.41, 5.74) is 3.77. The number of methoxy groups -OCH3 is 1. The van der Waals surface area contributed by atoms with Gasteiger partial charge < -0.3 is 9.15 Å². The zero-order valence-electron chi connectivity index (χ0n) is 21.1. The van der Waals surface area contributed by atoms with Crippen molar-refractivity contribution in [2.45, 2.75) is 0 Å². The Bertz CT molecular complexity index is 1850. The van der Waals surface area contributed by atoms with Crippen molar-refractivity contribution in [3.8, 4) is 45.6 Å². The number of para-hydroxylation sites is 1. The second-order valence-corrected chi connectivity index (χ2v) is 8.79. The van der Waals surface area contributed by atoms with Crippen LogP contribution >= 0.6 is 0 Å². The summed E-state index contributed by atoms with van der Waals surface area (Å²) in [5, 5.41) is 10.2. The molecule has 6 aromatic rings. The van der Waals surface area contributed by atoms with Crippen LogP contribution in [-0.2, 0) is 0 Å². The Morgan fingerprint density at radius 1 is 0.872 bits per heavy atom. The molecule has 0 aliphatic heterocycles. The molecule has 0 spiro atoms. The van der Waals surface area contributed by atoms with E-state index < -0.39 is 0 Å². The number of hydrogen-bond acceptors (Lipinski definition) is 9. The number of pyridine rings is 1. The summed E-state index contributed by atoms with van der Waals surface area (Å²) in [7, 11) is 3.17. The number of ether oxygens (including phenoxy) is 1. The highest BCUT2D eigenvalue weighted by Crippen LogP contribution is 2.34. The fourth-order valence-electron chi connectivity index (χ4n) is 4.36. The van der Waals surface area contributed by atoms with E-state index in [1.54, 1.807) is 25.4 Å². The summed E-state index contributed by atoms with van der Waals surface area (Å²) in [6, 6.07) is 26.1. The van der Waals surface area contributed by atoms with Gasteiger partial charge in [0, 0.05) is 24.4 Å². The van der Waals surface area contributed by atoms with Gasteiger partial charge in [-0.1, -0.05) is 42.5 Å². The van der Waals surface area contributed by atoms with Crippen LogP contribution in [0.15, 0.2) is 100 Å². The standard InChI is InChI=1S/C29H23N7O3/c1-35(30)29-32-24-14-13-19(15-22(24)28(37)36(29)21-11-7-4-8-12-21)20-16-23(26(38-2)31-17-20)27-34-33-25(39-27)18-9-5-3-6-10-18/h3-17H,30H2,1-2H3. The Kier molecular flexibility index (Phi) is 6.06. The van der Waals surface area contributed by atoms with Crippen molar-refractivity contribution in [1.29, 1.82) is 0 Å². The molecule has 0 saturated carbocycles. The number of aromatic nitrogens is 5. The molecule has 0 atom stereocenters. The average molecular weight is 518 g/mol. The summed E-state index contributed by atoms with van der Waals surface area (Å²) in [6.07, 6.45) is 1.67. The van der Waals surface area contributed by atoms with E-state index in [4.69, 9.17) is 15.0 Å². The highest BCUT2D eigenvalue weighted by molar-refractivity contribution is 5.86. The molecule has 0 aliphatic rings. The minimum absolute atomic E-state index is 0.244. The minimum Gasteiger partial charge on any atom is -0.480 e. The predicted molar refractivity (Wildman–Crippen MR) is 148 cm³/mol. The molecule has 3 aromatic heterocycles. The van der Waals surface area contributed by atoms with Gasteiger partial charge >= 0.3 is 0 Å². The molecule has 2 N–H and O–H groups in total. The maximum Gasteiger partial charge on any atom is 0.267 e. The molecule has 39 heavy (non-hydrogen) atoms. The van der Waals surface area contributed by atoms with Gasteiger partial charge in [-0.05, 0) is 48.0 Å². The van der Waals surface area contributed by atoms with Gasteiger partial charge in [0.05, 0.1) is 23.7 Å². The normalized spacial score (nSPS) is 11.1. The fourth-order valence-corrected chi connectivity index (χ4v) is 4.36. The van der Waals surface area contributed by atoms with Gasteiger partial charge in [0.15, 0.2) is 0 Å². The molecule has 0 amide bonds. The lowest BCUT2D eigenvalue weighted by Gasteiger charge is -2.18. The largest absolute Gasteiger partial charge is 0.480 e. The summed E-state index contributed by atoms with van der Waals surface area (Å²) >= 11 is 0. The van der Waals surface area contributed by atoms with Crippen LogP contribution in [0.2, 0.25) is 0 Å². The zero-order chi connectivity index (χ0) is 26.9. The van der Waals surface area contributed by atoms with Crippen LogP contribution in [0.25, 0.3) is 50.6 Å². The van der Waals surface area contributed by atoms with E-state index in [0.29, 0.717) is 39.9 Å². The topological polar surface area (TPSA) is 125 Å². The molecule has 0 saturated heterocycles. The Hall–Kier alpha value is -5.35. The van der Waals surface area contributed by atoms with Crippen LogP contribution in [0.4, 0.5) is 5.95 Å². The first kappa shape index (κ1) is 24.0. The van der Waals surface area contributed by atoms with Gasteiger partial charge in [-0.3, -0.25) is 9.80 Å². The van der Waals surface area contributed by atoms with E-state index in [0.717, 1.165) is 16.7 Å². The van der Waals surface area contributed by atoms with E-state index in [1.165, 1.54) is 16.7 Å². The van der Waals surface area contributed by atoms with Gasteiger partial charge in [-0.2, -0.15) is 0 Å². The highest BCUT2D eigenvalue weighted by atomic mass is 16.5. The van der Waals surface area contributed by atoms with Crippen LogP contribution < -0.4 is 21.1 Å². The molecule has 0 fully saturated rings. The molecular formula is C29H23N7O3. The van der Waals surface area contributed by atoms with Crippen molar-refractivity contribution in [2.24, 2.45) is 5.84 Å². The van der Waals surface area contributed by atoms with Crippen LogP contribution in [-0.4, -0.2) is 38.9 Å². The average Bonchev–Trinajstić information content (AvgIpc) is 3.48. The summed E-state index contributed by atoms with van der Waals surface area (Å²) in [5.74, 6) is 7.36. The van der Waals surface area contributed by atoms with Crippen molar-refractivity contribution in [3.05, 3.63) is 101 Å². The van der Waals surface area contributed by atoms with Crippen molar-refractivity contribution in [3.63, 3.8) is 0 Å². The molecule has 10 heteroatoms. The van der Waals surface area contributed by atoms with Crippen LogP contribution in [0, 0.1) is 0 Å². The maximum absolute atomic E-state index is 13.7. The predicted octanol–water partition coefficient (Wildman–Crippen LogP) is 4.48. The third-order valence-electron chi connectivity index (χ3n) is 6.23. The van der Waals surface area contributed by atoms with Crippen molar-refractivity contribution < 1.29 is 9.15 Å². The van der Waals surface area contributed by atoms with E-state index >= 15 is 0 Å². The Morgan fingerprint density at radius 3 is 2.31 bits per heavy atom. The first-order chi connectivity index (χ1) is 19.0. The van der Waals surface area contributed by atoms with Crippen LogP contribution in [0.1, 0.15) is 0 Å². The van der Waals surface area contributed by atoms with E-state index in [-0.39, 0.29) is 11.4 Å². The van der Waals surface area contributed by atoms with Gasteiger partial charge in [-0.25, -0.2) is 20.4 Å². The summed E-state index contributed by atoms with van der Waals surface area (Å²) in [6.45, 7) is 0. The summed E-state index contributed by atoms with van der Waals surface area (Å²) in [4.78, 5) is 22.9. The quantitative estimate of drug-likeness (QED) is 0.251. The maximum atomic E-state index is 13.7. The number of anilines is 1. The molecule has 6 rings (SSSR count). The van der Waals surface area contributed by atoms with Gasteiger partial charge in [-0.15, -0.1) is 10.2 Å². The molecule has 192 valence electrons. The summed E-state index contributed by atoms with van der Waals surface area (Å²) < 4.78 is 12.9. The first-order valence-corrected chi connectivity index (χ1v) is 12.1. The number of fused-ring (bicyclic) bond motifs is 1. The van der Waals surface area contributed by atoms with Gasteiger partial charge in [0.1, 0.15) is 5.56 Å². The third kappa shape index (κ3) is 4.38. The Labute approximate surface area is 222 Å². The molecule has 3 heterocycles. The van der Waals surface area contributed by atoms with Crippen LogP contribution in [0.5, 0.6) is 5.88 Å². The number of benzene rings is 3. The number of hydrazine groups is 1. The smallest absolute Gasteiger partial charge is 0.267 e. The van der Waals surface area contributed by atoms with E-state index in [2.05, 4.69) is 20.2 Å². The third-order valence-corrected chi connectivity index (χ3v) is 6.23. The number of nitrogens with two attached hydrogens (primary N) is 1. The molecule has 0 aliphatic carbocycles. The molecule has 10 nitrogen and oxygen atoms in total. The molecule has 0 unspecified atom stereocenters. The number of nitrogens with zero attached hydrogens (tertiary/aromatic N) is 6. The number of hydrogen-bond donors (Lipinski definition) is 1. The minimum atomic E-state index is -0.244. The SMILES string of the molecule is COc1ncc(-c2ccc3nc(N(C)N)n(-c4ccccc4)c(=O)c3c2)cc1-c1nnc(-c2ccccc2)o1. The lowest BCUT2D eigenvalue weighted by atomic mass is 10.0. The second kappa shape index (κ2) is 9.84. The van der Waals surface area contributed by atoms with Gasteiger partial charge in [0.25, 0.3) is 11.4 Å². The zero-order valence-corrected chi connectivity index (χ0v) is 21.1. The number of rotatable bonds is 6. The first-order valence-electron chi connectivity index (χ1n) is 12.1. The molecule has 0 bridgehead atoms. The fraction of sp³-hybridized carbons (Fsp3) is 0.0690. The Morgan fingerprint density at radius 2 is 1.59 bits per heavy atom. The highest BCUT2D eigenvalue weighted by Gasteiger charge is 2.19. The lowest BCUT2D eigenvalue weighted by molar-refractivity contribution is 0.398. The van der Waals surface area contributed by atoms with Crippen molar-refractivity contribution in [1.82, 2.24) is 24.7 Å². The van der Waals surface area contributed by atoms with Crippen molar-refractivity contribution in [2.75, 3.05) is 19.2 Å². The van der Waals surface area contributed by atoms with E-state index in [1.807, 2.05) is 72.8 Å². The van der Waals surface area contributed by atoms with Crippen molar-refractivity contribution >= 4 is 16.9 Å².